The Morgan fingerprint density at radius 2 is 2.19 bits per heavy atom. The van der Waals surface area contributed by atoms with Gasteiger partial charge in [-0.25, -0.2) is 0 Å². The van der Waals surface area contributed by atoms with Gasteiger partial charge in [-0.15, -0.1) is 0 Å². The molecule has 0 radical (unpaired) electrons. The summed E-state index contributed by atoms with van der Waals surface area (Å²) in [4.78, 5) is 19.5. The van der Waals surface area contributed by atoms with Crippen molar-refractivity contribution >= 4 is 5.91 Å². The molecule has 1 fully saturated rings. The van der Waals surface area contributed by atoms with Crippen LogP contribution in [0.1, 0.15) is 53.7 Å². The average molecular weight is 355 g/mol. The smallest absolute Gasteiger partial charge is 0.261 e. The summed E-state index contributed by atoms with van der Waals surface area (Å²) in [6, 6.07) is 1.52. The molecule has 1 saturated heterocycles. The predicted molar refractivity (Wildman–Crippen MR) is 92.2 cm³/mol. The van der Waals surface area contributed by atoms with E-state index in [1.54, 1.807) is 30.1 Å². The molecule has 3 aromatic heterocycles. The standard InChI is InChI=1S/C18H21N5O3/c1-12-14(7-9-25-12)18(24)23-8-5-3-4-6-15(23)16-20-17(26-21-16)13-10-19-22(2)11-13/h7,9-11,15H,3-6,8H2,1-2H3/t15-/m0/s1. The average Bonchev–Trinajstić information content (AvgIpc) is 3.33. The normalized spacial score (nSPS) is 18.1. The molecule has 0 N–H and O–H groups in total. The predicted octanol–water partition coefficient (Wildman–Crippen LogP) is 3.13. The summed E-state index contributed by atoms with van der Waals surface area (Å²) in [6.07, 6.45) is 8.93. The summed E-state index contributed by atoms with van der Waals surface area (Å²) in [7, 11) is 1.83. The molecule has 0 unspecified atom stereocenters. The van der Waals surface area contributed by atoms with E-state index in [4.69, 9.17) is 8.94 Å². The summed E-state index contributed by atoms with van der Waals surface area (Å²) in [5.74, 6) is 1.54. The van der Waals surface area contributed by atoms with Crippen molar-refractivity contribution in [2.75, 3.05) is 6.54 Å². The van der Waals surface area contributed by atoms with E-state index < -0.39 is 0 Å². The third-order valence-electron chi connectivity index (χ3n) is 4.79. The Labute approximate surface area is 150 Å². The second-order valence-corrected chi connectivity index (χ2v) is 6.61. The first-order valence-corrected chi connectivity index (χ1v) is 8.81. The van der Waals surface area contributed by atoms with Crippen LogP contribution in [0.4, 0.5) is 0 Å². The molecule has 0 spiro atoms. The summed E-state index contributed by atoms with van der Waals surface area (Å²) < 4.78 is 12.4. The van der Waals surface area contributed by atoms with Crippen molar-refractivity contribution in [3.05, 3.63) is 41.9 Å². The molecular formula is C18H21N5O3. The van der Waals surface area contributed by atoms with Crippen LogP contribution in [0.3, 0.4) is 0 Å². The van der Waals surface area contributed by atoms with Gasteiger partial charge in [-0.3, -0.25) is 9.48 Å². The van der Waals surface area contributed by atoms with Gasteiger partial charge in [0.1, 0.15) is 5.76 Å². The summed E-state index contributed by atoms with van der Waals surface area (Å²) in [5, 5.41) is 8.29. The topological polar surface area (TPSA) is 90.2 Å². The molecule has 0 aromatic carbocycles. The molecule has 1 aliphatic rings. The first kappa shape index (κ1) is 16.6. The van der Waals surface area contributed by atoms with Crippen molar-refractivity contribution in [2.24, 2.45) is 7.05 Å². The van der Waals surface area contributed by atoms with E-state index in [2.05, 4.69) is 15.2 Å². The molecule has 1 amide bonds. The third-order valence-corrected chi connectivity index (χ3v) is 4.79. The number of furan rings is 1. The van der Waals surface area contributed by atoms with E-state index in [-0.39, 0.29) is 11.9 Å². The highest BCUT2D eigenvalue weighted by molar-refractivity contribution is 5.95. The van der Waals surface area contributed by atoms with Gasteiger partial charge in [0.25, 0.3) is 11.8 Å². The van der Waals surface area contributed by atoms with E-state index in [0.29, 0.717) is 29.6 Å². The number of carbonyl (C=O) groups is 1. The number of amides is 1. The Morgan fingerprint density at radius 1 is 1.31 bits per heavy atom. The van der Waals surface area contributed by atoms with Crippen LogP contribution in [0.15, 0.2) is 33.7 Å². The monoisotopic (exact) mass is 355 g/mol. The minimum atomic E-state index is -0.200. The molecule has 136 valence electrons. The fourth-order valence-corrected chi connectivity index (χ4v) is 3.40. The molecule has 8 heteroatoms. The van der Waals surface area contributed by atoms with E-state index >= 15 is 0 Å². The minimum Gasteiger partial charge on any atom is -0.469 e. The largest absolute Gasteiger partial charge is 0.469 e. The molecule has 4 rings (SSSR count). The molecule has 0 aliphatic carbocycles. The lowest BCUT2D eigenvalue weighted by Gasteiger charge is -2.27. The number of rotatable bonds is 3. The molecule has 1 aliphatic heterocycles. The molecule has 8 nitrogen and oxygen atoms in total. The van der Waals surface area contributed by atoms with Crippen LogP contribution in [0.25, 0.3) is 11.5 Å². The van der Waals surface area contributed by atoms with E-state index in [1.165, 1.54) is 0 Å². The zero-order chi connectivity index (χ0) is 18.1. The molecule has 4 heterocycles. The molecule has 26 heavy (non-hydrogen) atoms. The number of hydrogen-bond donors (Lipinski definition) is 0. The van der Waals surface area contributed by atoms with E-state index in [0.717, 1.165) is 31.2 Å². The first-order chi connectivity index (χ1) is 12.6. The van der Waals surface area contributed by atoms with Crippen LogP contribution >= 0.6 is 0 Å². The summed E-state index contributed by atoms with van der Waals surface area (Å²) in [5.41, 5.74) is 1.36. The van der Waals surface area contributed by atoms with Crippen LogP contribution in [-0.4, -0.2) is 37.3 Å². The molecule has 3 aromatic rings. The zero-order valence-electron chi connectivity index (χ0n) is 14.9. The third kappa shape index (κ3) is 3.02. The van der Waals surface area contributed by atoms with Gasteiger partial charge in [0.05, 0.1) is 29.6 Å². The number of carbonyl (C=O) groups excluding carboxylic acids is 1. The maximum absolute atomic E-state index is 13.1. The van der Waals surface area contributed by atoms with Gasteiger partial charge in [0.15, 0.2) is 5.82 Å². The molecule has 1 atom stereocenters. The Balaban J connectivity index is 1.65. The highest BCUT2D eigenvalue weighted by atomic mass is 16.5. The maximum Gasteiger partial charge on any atom is 0.261 e. The second kappa shape index (κ2) is 6.78. The SMILES string of the molecule is Cc1occc1C(=O)N1CCCCC[C@H]1c1noc(-c2cnn(C)c2)n1. The fraction of sp³-hybridized carbons (Fsp3) is 0.444. The highest BCUT2D eigenvalue weighted by Crippen LogP contribution is 2.31. The van der Waals surface area contributed by atoms with Crippen molar-refractivity contribution in [2.45, 2.75) is 38.6 Å². The molecule has 0 bridgehead atoms. The Bertz CT molecular complexity index is 909. The van der Waals surface area contributed by atoms with Crippen molar-refractivity contribution < 1.29 is 13.7 Å². The Kier molecular flexibility index (Phi) is 4.32. The van der Waals surface area contributed by atoms with Gasteiger partial charge in [0.2, 0.25) is 0 Å². The fourth-order valence-electron chi connectivity index (χ4n) is 3.40. The van der Waals surface area contributed by atoms with Gasteiger partial charge in [-0.1, -0.05) is 18.0 Å². The first-order valence-electron chi connectivity index (χ1n) is 8.81. The van der Waals surface area contributed by atoms with Crippen molar-refractivity contribution in [3.63, 3.8) is 0 Å². The number of hydrogen-bond acceptors (Lipinski definition) is 6. The highest BCUT2D eigenvalue weighted by Gasteiger charge is 2.32. The molecular weight excluding hydrogens is 334 g/mol. The van der Waals surface area contributed by atoms with Crippen molar-refractivity contribution in [1.29, 1.82) is 0 Å². The summed E-state index contributed by atoms with van der Waals surface area (Å²) in [6.45, 7) is 2.47. The van der Waals surface area contributed by atoms with E-state index in [9.17, 15) is 4.79 Å². The van der Waals surface area contributed by atoms with Gasteiger partial charge in [0, 0.05) is 19.8 Å². The quantitative estimate of drug-likeness (QED) is 0.717. The van der Waals surface area contributed by atoms with Crippen molar-refractivity contribution in [1.82, 2.24) is 24.8 Å². The number of aromatic nitrogens is 4. The number of aryl methyl sites for hydroxylation is 2. The lowest BCUT2D eigenvalue weighted by molar-refractivity contribution is 0.0668. The molecule has 0 saturated carbocycles. The minimum absolute atomic E-state index is 0.0455. The van der Waals surface area contributed by atoms with E-state index in [1.807, 2.05) is 18.1 Å². The van der Waals surface area contributed by atoms with Crippen LogP contribution in [0.2, 0.25) is 0 Å². The Morgan fingerprint density at radius 3 is 2.92 bits per heavy atom. The maximum atomic E-state index is 13.1. The van der Waals surface area contributed by atoms with Crippen LogP contribution in [0.5, 0.6) is 0 Å². The zero-order valence-corrected chi connectivity index (χ0v) is 14.9. The van der Waals surface area contributed by atoms with Crippen molar-refractivity contribution in [3.8, 4) is 11.5 Å². The second-order valence-electron chi connectivity index (χ2n) is 6.61. The summed E-state index contributed by atoms with van der Waals surface area (Å²) >= 11 is 0. The van der Waals surface area contributed by atoms with Gasteiger partial charge < -0.3 is 13.8 Å². The van der Waals surface area contributed by atoms with Gasteiger partial charge in [-0.2, -0.15) is 10.1 Å². The number of likely N-dealkylation sites (tertiary alicyclic amines) is 1. The van der Waals surface area contributed by atoms with Crippen LogP contribution in [0, 0.1) is 6.92 Å². The Hall–Kier alpha value is -2.90. The van der Waals surface area contributed by atoms with Crippen LogP contribution < -0.4 is 0 Å². The van der Waals surface area contributed by atoms with Crippen LogP contribution in [-0.2, 0) is 7.05 Å². The van der Waals surface area contributed by atoms with Gasteiger partial charge in [-0.05, 0) is 25.8 Å². The number of nitrogens with zero attached hydrogens (tertiary/aromatic N) is 5. The lowest BCUT2D eigenvalue weighted by Crippen LogP contribution is -2.35. The lowest BCUT2D eigenvalue weighted by atomic mass is 10.1. The van der Waals surface area contributed by atoms with Gasteiger partial charge >= 0.3 is 0 Å².